The molecule has 0 fully saturated rings. The second-order valence-corrected chi connectivity index (χ2v) is 5.96. The van der Waals surface area contributed by atoms with Gasteiger partial charge in [0.05, 0.1) is 6.61 Å². The molecule has 2 rings (SSSR count). The first kappa shape index (κ1) is 18.1. The highest BCUT2D eigenvalue weighted by Crippen LogP contribution is 2.21. The number of hydrogen-bond donors (Lipinski definition) is 1. The Morgan fingerprint density at radius 2 is 2.04 bits per heavy atom. The minimum absolute atomic E-state index is 0.205. The zero-order chi connectivity index (χ0) is 17.4. The lowest BCUT2D eigenvalue weighted by molar-refractivity contribution is -0.111. The SMILES string of the molecule is CCCCOc1ccccc1C=CC(=O)Nc1cc(Cl)ccc1C. The smallest absolute Gasteiger partial charge is 0.248 e. The number of carbonyl (C=O) groups is 1. The lowest BCUT2D eigenvalue weighted by Gasteiger charge is -2.09. The van der Waals surface area contributed by atoms with Crippen LogP contribution in [0.4, 0.5) is 5.69 Å². The topological polar surface area (TPSA) is 38.3 Å². The van der Waals surface area contributed by atoms with Crippen LogP contribution in [0.1, 0.15) is 30.9 Å². The molecule has 1 amide bonds. The largest absolute Gasteiger partial charge is 0.493 e. The van der Waals surface area contributed by atoms with Crippen molar-refractivity contribution in [1.82, 2.24) is 0 Å². The molecule has 0 saturated carbocycles. The lowest BCUT2D eigenvalue weighted by atomic mass is 10.1. The maximum atomic E-state index is 12.1. The summed E-state index contributed by atoms with van der Waals surface area (Å²) >= 11 is 5.97. The van der Waals surface area contributed by atoms with Gasteiger partial charge in [0, 0.05) is 22.3 Å². The number of para-hydroxylation sites is 1. The summed E-state index contributed by atoms with van der Waals surface area (Å²) in [6.45, 7) is 4.72. The molecule has 126 valence electrons. The molecule has 4 heteroatoms. The van der Waals surface area contributed by atoms with Crippen molar-refractivity contribution in [2.45, 2.75) is 26.7 Å². The summed E-state index contributed by atoms with van der Waals surface area (Å²) in [6, 6.07) is 13.1. The van der Waals surface area contributed by atoms with E-state index in [1.54, 1.807) is 18.2 Å². The minimum atomic E-state index is -0.205. The summed E-state index contributed by atoms with van der Waals surface area (Å²) in [5.74, 6) is 0.581. The number of unbranched alkanes of at least 4 members (excludes halogenated alkanes) is 1. The van der Waals surface area contributed by atoms with Gasteiger partial charge in [-0.15, -0.1) is 0 Å². The molecule has 0 radical (unpaired) electrons. The van der Waals surface area contributed by atoms with E-state index in [1.165, 1.54) is 6.08 Å². The van der Waals surface area contributed by atoms with E-state index in [0.717, 1.165) is 29.7 Å². The number of ether oxygens (including phenoxy) is 1. The van der Waals surface area contributed by atoms with Gasteiger partial charge in [0.2, 0.25) is 5.91 Å². The fraction of sp³-hybridized carbons (Fsp3) is 0.250. The molecular weight excluding hydrogens is 322 g/mol. The van der Waals surface area contributed by atoms with Crippen molar-refractivity contribution in [3.8, 4) is 5.75 Å². The van der Waals surface area contributed by atoms with Crippen LogP contribution in [-0.2, 0) is 4.79 Å². The third-order valence-corrected chi connectivity index (χ3v) is 3.78. The van der Waals surface area contributed by atoms with Crippen molar-refractivity contribution in [2.75, 3.05) is 11.9 Å². The van der Waals surface area contributed by atoms with E-state index < -0.39 is 0 Å². The van der Waals surface area contributed by atoms with Gasteiger partial charge in [-0.3, -0.25) is 4.79 Å². The molecule has 0 aliphatic heterocycles. The van der Waals surface area contributed by atoms with Crippen molar-refractivity contribution in [1.29, 1.82) is 0 Å². The Labute approximate surface area is 148 Å². The fourth-order valence-electron chi connectivity index (χ4n) is 2.14. The van der Waals surface area contributed by atoms with Crippen molar-refractivity contribution in [2.24, 2.45) is 0 Å². The zero-order valence-electron chi connectivity index (χ0n) is 14.0. The van der Waals surface area contributed by atoms with Gasteiger partial charge >= 0.3 is 0 Å². The summed E-state index contributed by atoms with van der Waals surface area (Å²) in [4.78, 5) is 12.1. The molecule has 24 heavy (non-hydrogen) atoms. The highest BCUT2D eigenvalue weighted by atomic mass is 35.5. The second-order valence-electron chi connectivity index (χ2n) is 5.52. The first-order valence-corrected chi connectivity index (χ1v) is 8.45. The number of carbonyl (C=O) groups excluding carboxylic acids is 1. The van der Waals surface area contributed by atoms with Crippen molar-refractivity contribution in [3.05, 3.63) is 64.7 Å². The van der Waals surface area contributed by atoms with Crippen LogP contribution in [0, 0.1) is 6.92 Å². The van der Waals surface area contributed by atoms with E-state index in [4.69, 9.17) is 16.3 Å². The average Bonchev–Trinajstić information content (AvgIpc) is 2.57. The Kier molecular flexibility index (Phi) is 6.89. The molecule has 0 bridgehead atoms. The monoisotopic (exact) mass is 343 g/mol. The predicted molar refractivity (Wildman–Crippen MR) is 101 cm³/mol. The third-order valence-electron chi connectivity index (χ3n) is 3.55. The van der Waals surface area contributed by atoms with Crippen LogP contribution >= 0.6 is 11.6 Å². The Balaban J connectivity index is 2.04. The number of hydrogen-bond acceptors (Lipinski definition) is 2. The first-order chi connectivity index (χ1) is 11.6. The Hall–Kier alpha value is -2.26. The van der Waals surface area contributed by atoms with Crippen LogP contribution in [0.5, 0.6) is 5.75 Å². The third kappa shape index (κ3) is 5.43. The van der Waals surface area contributed by atoms with Crippen LogP contribution in [0.3, 0.4) is 0 Å². The molecule has 3 nitrogen and oxygen atoms in total. The van der Waals surface area contributed by atoms with Crippen LogP contribution in [-0.4, -0.2) is 12.5 Å². The van der Waals surface area contributed by atoms with Gasteiger partial charge in [-0.05, 0) is 43.2 Å². The van der Waals surface area contributed by atoms with Gasteiger partial charge in [0.15, 0.2) is 0 Å². The highest BCUT2D eigenvalue weighted by Gasteiger charge is 2.04. The summed E-state index contributed by atoms with van der Waals surface area (Å²) in [6.07, 6.45) is 5.35. The highest BCUT2D eigenvalue weighted by molar-refractivity contribution is 6.31. The molecule has 0 aliphatic carbocycles. The van der Waals surface area contributed by atoms with Gasteiger partial charge in [-0.25, -0.2) is 0 Å². The van der Waals surface area contributed by atoms with Gasteiger partial charge in [0.1, 0.15) is 5.75 Å². The molecular formula is C20H22ClNO2. The molecule has 0 aromatic heterocycles. The van der Waals surface area contributed by atoms with E-state index in [0.29, 0.717) is 17.3 Å². The number of rotatable bonds is 7. The van der Waals surface area contributed by atoms with Crippen LogP contribution in [0.2, 0.25) is 5.02 Å². The van der Waals surface area contributed by atoms with Crippen molar-refractivity contribution in [3.63, 3.8) is 0 Å². The normalized spacial score (nSPS) is 10.8. The molecule has 2 aromatic rings. The molecule has 0 saturated heterocycles. The molecule has 0 heterocycles. The molecule has 0 atom stereocenters. The first-order valence-electron chi connectivity index (χ1n) is 8.07. The molecule has 0 spiro atoms. The number of amides is 1. The van der Waals surface area contributed by atoms with Gasteiger partial charge in [-0.2, -0.15) is 0 Å². The average molecular weight is 344 g/mol. The zero-order valence-corrected chi connectivity index (χ0v) is 14.8. The lowest BCUT2D eigenvalue weighted by Crippen LogP contribution is -2.09. The quantitative estimate of drug-likeness (QED) is 0.534. The van der Waals surface area contributed by atoms with Crippen LogP contribution in [0.25, 0.3) is 6.08 Å². The molecule has 1 N–H and O–H groups in total. The molecule has 0 unspecified atom stereocenters. The van der Waals surface area contributed by atoms with Crippen molar-refractivity contribution >= 4 is 29.3 Å². The number of anilines is 1. The Bertz CT molecular complexity index is 725. The number of nitrogens with one attached hydrogen (secondary N) is 1. The van der Waals surface area contributed by atoms with Gasteiger partial charge in [-0.1, -0.05) is 49.2 Å². The van der Waals surface area contributed by atoms with E-state index in [2.05, 4.69) is 12.2 Å². The van der Waals surface area contributed by atoms with E-state index in [9.17, 15) is 4.79 Å². The maximum absolute atomic E-state index is 12.1. The Morgan fingerprint density at radius 1 is 1.25 bits per heavy atom. The van der Waals surface area contributed by atoms with Crippen molar-refractivity contribution < 1.29 is 9.53 Å². The molecule has 2 aromatic carbocycles. The summed E-state index contributed by atoms with van der Waals surface area (Å²) < 4.78 is 5.76. The minimum Gasteiger partial charge on any atom is -0.493 e. The van der Waals surface area contributed by atoms with Gasteiger partial charge in [0.25, 0.3) is 0 Å². The number of halogens is 1. The van der Waals surface area contributed by atoms with Crippen LogP contribution < -0.4 is 10.1 Å². The number of benzene rings is 2. The van der Waals surface area contributed by atoms with Crippen LogP contribution in [0.15, 0.2) is 48.5 Å². The van der Waals surface area contributed by atoms with Gasteiger partial charge < -0.3 is 10.1 Å². The second kappa shape index (κ2) is 9.14. The maximum Gasteiger partial charge on any atom is 0.248 e. The standard InChI is InChI=1S/C20H22ClNO2/c1-3-4-13-24-19-8-6-5-7-16(19)10-12-20(23)22-18-14-17(21)11-9-15(18)2/h5-12,14H,3-4,13H2,1-2H3,(H,22,23). The summed E-state index contributed by atoms with van der Waals surface area (Å²) in [5, 5.41) is 3.43. The summed E-state index contributed by atoms with van der Waals surface area (Å²) in [5.41, 5.74) is 2.56. The summed E-state index contributed by atoms with van der Waals surface area (Å²) in [7, 11) is 0. The Morgan fingerprint density at radius 3 is 2.83 bits per heavy atom. The van der Waals surface area contributed by atoms with E-state index >= 15 is 0 Å². The molecule has 0 aliphatic rings. The van der Waals surface area contributed by atoms with E-state index in [-0.39, 0.29) is 5.91 Å². The fourth-order valence-corrected chi connectivity index (χ4v) is 2.32. The predicted octanol–water partition coefficient (Wildman–Crippen LogP) is 5.48. The van der Waals surface area contributed by atoms with E-state index in [1.807, 2.05) is 37.3 Å². The number of aryl methyl sites for hydroxylation is 1.